The molecule has 0 atom stereocenters. The third-order valence-electron chi connectivity index (χ3n) is 2.87. The molecule has 0 fully saturated rings. The number of ether oxygens (including phenoxy) is 1. The van der Waals surface area contributed by atoms with Crippen molar-refractivity contribution in [1.29, 1.82) is 0 Å². The molecule has 3 N–H and O–H groups in total. The largest absolute Gasteiger partial charge is 0.496 e. The van der Waals surface area contributed by atoms with Gasteiger partial charge in [0.15, 0.2) is 0 Å². The molecule has 5 heteroatoms. The van der Waals surface area contributed by atoms with Crippen LogP contribution in [0.15, 0.2) is 42.5 Å². The van der Waals surface area contributed by atoms with Gasteiger partial charge in [-0.1, -0.05) is 18.2 Å². The zero-order chi connectivity index (χ0) is 14.5. The van der Waals surface area contributed by atoms with Crippen LogP contribution in [0.3, 0.4) is 0 Å². The van der Waals surface area contributed by atoms with Crippen molar-refractivity contribution in [2.24, 2.45) is 0 Å². The number of nitrogens with two attached hydrogens (primary N) is 1. The van der Waals surface area contributed by atoms with Gasteiger partial charge in [-0.3, -0.25) is 4.79 Å². The summed E-state index contributed by atoms with van der Waals surface area (Å²) in [5, 5.41) is 2.65. The summed E-state index contributed by atoms with van der Waals surface area (Å²) in [5.74, 6) is -0.457. The van der Waals surface area contributed by atoms with Crippen LogP contribution in [-0.4, -0.2) is 13.0 Å². The molecule has 0 spiro atoms. The number of methoxy groups -OCH3 is 1. The highest BCUT2D eigenvalue weighted by Crippen LogP contribution is 2.17. The number of carbonyl (C=O) groups is 1. The standard InChI is InChI=1S/C15H15FN2O2/c1-20-14-5-3-2-4-10(14)9-18-15(19)12-7-6-11(17)8-13(12)16/h2-8H,9,17H2,1H3,(H,18,19). The lowest BCUT2D eigenvalue weighted by Crippen LogP contribution is -2.24. The fraction of sp³-hybridized carbons (Fsp3) is 0.133. The molecular weight excluding hydrogens is 259 g/mol. The van der Waals surface area contributed by atoms with Gasteiger partial charge < -0.3 is 15.8 Å². The van der Waals surface area contributed by atoms with E-state index in [1.54, 1.807) is 13.2 Å². The fourth-order valence-corrected chi connectivity index (χ4v) is 1.84. The Bertz CT molecular complexity index is 629. The summed E-state index contributed by atoms with van der Waals surface area (Å²) in [6, 6.07) is 11.3. The first-order valence-corrected chi connectivity index (χ1v) is 6.07. The molecule has 2 rings (SSSR count). The van der Waals surface area contributed by atoms with Crippen molar-refractivity contribution in [1.82, 2.24) is 5.32 Å². The highest BCUT2D eigenvalue weighted by molar-refractivity contribution is 5.94. The number of halogens is 1. The van der Waals surface area contributed by atoms with Crippen LogP contribution >= 0.6 is 0 Å². The van der Waals surface area contributed by atoms with Gasteiger partial charge in [0, 0.05) is 17.8 Å². The van der Waals surface area contributed by atoms with Gasteiger partial charge in [0.25, 0.3) is 5.91 Å². The van der Waals surface area contributed by atoms with Crippen molar-refractivity contribution < 1.29 is 13.9 Å². The fourth-order valence-electron chi connectivity index (χ4n) is 1.84. The van der Waals surface area contributed by atoms with E-state index in [1.807, 2.05) is 18.2 Å². The predicted molar refractivity (Wildman–Crippen MR) is 75.0 cm³/mol. The summed E-state index contributed by atoms with van der Waals surface area (Å²) in [6.45, 7) is 0.257. The molecule has 0 saturated carbocycles. The second kappa shape index (κ2) is 6.06. The lowest BCUT2D eigenvalue weighted by molar-refractivity contribution is 0.0946. The molecule has 0 saturated heterocycles. The van der Waals surface area contributed by atoms with Crippen LogP contribution in [0.2, 0.25) is 0 Å². The minimum Gasteiger partial charge on any atom is -0.496 e. The van der Waals surface area contributed by atoms with Crippen molar-refractivity contribution in [2.45, 2.75) is 6.54 Å². The number of amides is 1. The van der Waals surface area contributed by atoms with Gasteiger partial charge in [0.2, 0.25) is 0 Å². The summed E-state index contributed by atoms with van der Waals surface area (Å²) in [6.07, 6.45) is 0. The molecule has 0 aromatic heterocycles. The molecule has 0 heterocycles. The number of rotatable bonds is 4. The quantitative estimate of drug-likeness (QED) is 0.841. The number of hydrogen-bond acceptors (Lipinski definition) is 3. The molecule has 0 unspecified atom stereocenters. The summed E-state index contributed by atoms with van der Waals surface area (Å²) >= 11 is 0. The molecule has 2 aromatic rings. The molecule has 0 radical (unpaired) electrons. The Morgan fingerprint density at radius 2 is 2.05 bits per heavy atom. The summed E-state index contributed by atoms with van der Waals surface area (Å²) in [7, 11) is 1.56. The number of hydrogen-bond donors (Lipinski definition) is 2. The Kier molecular flexibility index (Phi) is 4.20. The van der Waals surface area contributed by atoms with E-state index in [9.17, 15) is 9.18 Å². The molecule has 0 aliphatic rings. The molecule has 0 aliphatic carbocycles. The normalized spacial score (nSPS) is 10.1. The highest BCUT2D eigenvalue weighted by atomic mass is 19.1. The molecule has 104 valence electrons. The first-order chi connectivity index (χ1) is 9.61. The smallest absolute Gasteiger partial charge is 0.254 e. The van der Waals surface area contributed by atoms with E-state index in [-0.39, 0.29) is 17.8 Å². The highest BCUT2D eigenvalue weighted by Gasteiger charge is 2.12. The van der Waals surface area contributed by atoms with E-state index in [2.05, 4.69) is 5.32 Å². The SMILES string of the molecule is COc1ccccc1CNC(=O)c1ccc(N)cc1F. The minimum atomic E-state index is -0.637. The van der Waals surface area contributed by atoms with Crippen LogP contribution in [0.1, 0.15) is 15.9 Å². The Balaban J connectivity index is 2.09. The molecular formula is C15H15FN2O2. The summed E-state index contributed by atoms with van der Waals surface area (Å²) in [5.41, 5.74) is 6.51. The zero-order valence-corrected chi connectivity index (χ0v) is 11.0. The third-order valence-corrected chi connectivity index (χ3v) is 2.87. The van der Waals surface area contributed by atoms with Crippen LogP contribution < -0.4 is 15.8 Å². The van der Waals surface area contributed by atoms with Crippen LogP contribution in [0.5, 0.6) is 5.75 Å². The van der Waals surface area contributed by atoms with E-state index >= 15 is 0 Å². The minimum absolute atomic E-state index is 0.0332. The van der Waals surface area contributed by atoms with E-state index < -0.39 is 11.7 Å². The van der Waals surface area contributed by atoms with E-state index in [4.69, 9.17) is 10.5 Å². The van der Waals surface area contributed by atoms with Crippen LogP contribution in [0, 0.1) is 5.82 Å². The molecule has 20 heavy (non-hydrogen) atoms. The molecule has 4 nitrogen and oxygen atoms in total. The van der Waals surface area contributed by atoms with Gasteiger partial charge in [-0.05, 0) is 24.3 Å². The summed E-state index contributed by atoms with van der Waals surface area (Å²) in [4.78, 5) is 11.9. The van der Waals surface area contributed by atoms with Crippen molar-refractivity contribution >= 4 is 11.6 Å². The van der Waals surface area contributed by atoms with Gasteiger partial charge in [0.1, 0.15) is 11.6 Å². The maximum absolute atomic E-state index is 13.6. The Morgan fingerprint density at radius 3 is 2.75 bits per heavy atom. The lowest BCUT2D eigenvalue weighted by atomic mass is 10.1. The first-order valence-electron chi connectivity index (χ1n) is 6.07. The first kappa shape index (κ1) is 13.9. The Hall–Kier alpha value is -2.56. The van der Waals surface area contributed by atoms with E-state index in [0.29, 0.717) is 5.75 Å². The summed E-state index contributed by atoms with van der Waals surface area (Å²) < 4.78 is 18.8. The third kappa shape index (κ3) is 3.06. The van der Waals surface area contributed by atoms with E-state index in [0.717, 1.165) is 11.6 Å². The average Bonchev–Trinajstić information content (AvgIpc) is 2.45. The number of nitrogens with one attached hydrogen (secondary N) is 1. The van der Waals surface area contributed by atoms with Gasteiger partial charge in [0.05, 0.1) is 12.7 Å². The van der Waals surface area contributed by atoms with E-state index in [1.165, 1.54) is 12.1 Å². The van der Waals surface area contributed by atoms with Crippen molar-refractivity contribution in [2.75, 3.05) is 12.8 Å². The number of anilines is 1. The molecule has 2 aromatic carbocycles. The monoisotopic (exact) mass is 274 g/mol. The van der Waals surface area contributed by atoms with Gasteiger partial charge >= 0.3 is 0 Å². The van der Waals surface area contributed by atoms with Crippen molar-refractivity contribution in [3.8, 4) is 5.75 Å². The Morgan fingerprint density at radius 1 is 1.30 bits per heavy atom. The lowest BCUT2D eigenvalue weighted by Gasteiger charge is -2.10. The van der Waals surface area contributed by atoms with Crippen LogP contribution in [0.25, 0.3) is 0 Å². The number of nitrogen functional groups attached to an aromatic ring is 1. The number of benzene rings is 2. The maximum atomic E-state index is 13.6. The second-order valence-electron chi connectivity index (χ2n) is 4.23. The second-order valence-corrected chi connectivity index (χ2v) is 4.23. The molecule has 0 bridgehead atoms. The number of para-hydroxylation sites is 1. The topological polar surface area (TPSA) is 64.3 Å². The van der Waals surface area contributed by atoms with Gasteiger partial charge in [-0.25, -0.2) is 4.39 Å². The van der Waals surface area contributed by atoms with Crippen LogP contribution in [-0.2, 0) is 6.54 Å². The maximum Gasteiger partial charge on any atom is 0.254 e. The zero-order valence-electron chi connectivity index (χ0n) is 11.0. The molecule has 1 amide bonds. The number of carbonyl (C=O) groups excluding carboxylic acids is 1. The van der Waals surface area contributed by atoms with Gasteiger partial charge in [-0.2, -0.15) is 0 Å². The van der Waals surface area contributed by atoms with Crippen LogP contribution in [0.4, 0.5) is 10.1 Å². The molecule has 0 aliphatic heterocycles. The van der Waals surface area contributed by atoms with Gasteiger partial charge in [-0.15, -0.1) is 0 Å². The average molecular weight is 274 g/mol. The van der Waals surface area contributed by atoms with Crippen molar-refractivity contribution in [3.63, 3.8) is 0 Å². The Labute approximate surface area is 116 Å². The predicted octanol–water partition coefficient (Wildman–Crippen LogP) is 2.35. The van der Waals surface area contributed by atoms with Crippen molar-refractivity contribution in [3.05, 3.63) is 59.4 Å².